The quantitative estimate of drug-likeness (QED) is 0.732. The molecule has 0 unspecified atom stereocenters. The lowest BCUT2D eigenvalue weighted by Crippen LogP contribution is -2.26. The second kappa shape index (κ2) is 7.49. The molecule has 3 rings (SSSR count). The van der Waals surface area contributed by atoms with Crippen molar-refractivity contribution in [2.24, 2.45) is 5.73 Å². The fourth-order valence-electron chi connectivity index (χ4n) is 3.26. The van der Waals surface area contributed by atoms with E-state index in [0.29, 0.717) is 22.7 Å². The molecule has 1 saturated heterocycles. The highest BCUT2D eigenvalue weighted by Gasteiger charge is 2.15. The molecule has 1 heterocycles. The number of hydrogen-bond acceptors (Lipinski definition) is 4. The summed E-state index contributed by atoms with van der Waals surface area (Å²) in [6, 6.07) is 13.1. The first-order valence-electron chi connectivity index (χ1n) is 8.57. The minimum absolute atomic E-state index is 0.0650. The van der Waals surface area contributed by atoms with Gasteiger partial charge >= 0.3 is 0 Å². The van der Waals surface area contributed by atoms with Gasteiger partial charge in [-0.25, -0.2) is 0 Å². The van der Waals surface area contributed by atoms with Gasteiger partial charge in [-0.15, -0.1) is 0 Å². The number of carbonyl (C=O) groups excluding carboxylic acids is 2. The predicted molar refractivity (Wildman–Crippen MR) is 99.5 cm³/mol. The Balaban J connectivity index is 1.82. The molecule has 5 heteroatoms. The van der Waals surface area contributed by atoms with Crippen molar-refractivity contribution in [2.45, 2.75) is 25.7 Å². The molecular weight excluding hydrogens is 314 g/mol. The molecule has 1 aliphatic heterocycles. The molecule has 0 bridgehead atoms. The Hall–Kier alpha value is -2.66. The van der Waals surface area contributed by atoms with Crippen LogP contribution in [0.3, 0.4) is 0 Å². The van der Waals surface area contributed by atoms with Crippen LogP contribution in [0.4, 0.5) is 11.4 Å². The Labute approximate surface area is 147 Å². The normalized spacial score (nSPS) is 14.9. The molecule has 5 nitrogen and oxygen atoms in total. The van der Waals surface area contributed by atoms with E-state index < -0.39 is 5.91 Å². The van der Waals surface area contributed by atoms with Crippen LogP contribution in [0.5, 0.6) is 0 Å². The van der Waals surface area contributed by atoms with Crippen molar-refractivity contribution in [3.63, 3.8) is 0 Å². The molecule has 0 aliphatic carbocycles. The SMILES string of the molecule is CC(=O)c1ccc(C(N)=O)cc1Nc1ccc(C2CCNCC2)cc1. The lowest BCUT2D eigenvalue weighted by atomic mass is 9.90. The van der Waals surface area contributed by atoms with E-state index in [2.05, 4.69) is 22.8 Å². The zero-order valence-electron chi connectivity index (χ0n) is 14.3. The number of rotatable bonds is 5. The van der Waals surface area contributed by atoms with Crippen LogP contribution in [0.25, 0.3) is 0 Å². The Morgan fingerprint density at radius 2 is 1.76 bits per heavy atom. The van der Waals surface area contributed by atoms with E-state index in [1.165, 1.54) is 12.5 Å². The zero-order valence-corrected chi connectivity index (χ0v) is 14.3. The first kappa shape index (κ1) is 17.2. The van der Waals surface area contributed by atoms with E-state index in [1.54, 1.807) is 18.2 Å². The van der Waals surface area contributed by atoms with Crippen LogP contribution in [-0.4, -0.2) is 24.8 Å². The van der Waals surface area contributed by atoms with Crippen LogP contribution in [0.2, 0.25) is 0 Å². The van der Waals surface area contributed by atoms with Gasteiger partial charge in [-0.05, 0) is 74.7 Å². The molecule has 25 heavy (non-hydrogen) atoms. The summed E-state index contributed by atoms with van der Waals surface area (Å²) in [5, 5.41) is 6.62. The van der Waals surface area contributed by atoms with Crippen molar-refractivity contribution in [3.8, 4) is 0 Å². The Morgan fingerprint density at radius 3 is 2.36 bits per heavy atom. The van der Waals surface area contributed by atoms with E-state index in [-0.39, 0.29) is 5.78 Å². The van der Waals surface area contributed by atoms with Crippen molar-refractivity contribution >= 4 is 23.1 Å². The third-order valence-corrected chi connectivity index (χ3v) is 4.68. The van der Waals surface area contributed by atoms with Gasteiger partial charge in [-0.3, -0.25) is 9.59 Å². The summed E-state index contributed by atoms with van der Waals surface area (Å²) in [7, 11) is 0. The Bertz CT molecular complexity index is 778. The van der Waals surface area contributed by atoms with Crippen molar-refractivity contribution < 1.29 is 9.59 Å². The highest BCUT2D eigenvalue weighted by atomic mass is 16.1. The predicted octanol–water partition coefficient (Wildman–Crippen LogP) is 3.20. The van der Waals surface area contributed by atoms with Gasteiger partial charge in [0, 0.05) is 16.8 Å². The number of piperidine rings is 1. The first-order valence-corrected chi connectivity index (χ1v) is 8.57. The largest absolute Gasteiger partial charge is 0.366 e. The van der Waals surface area contributed by atoms with E-state index in [9.17, 15) is 9.59 Å². The molecule has 1 fully saturated rings. The minimum atomic E-state index is -0.514. The third-order valence-electron chi connectivity index (χ3n) is 4.68. The summed E-state index contributed by atoms with van der Waals surface area (Å²) in [6.07, 6.45) is 2.31. The average molecular weight is 337 g/mol. The van der Waals surface area contributed by atoms with Gasteiger partial charge in [0.05, 0.1) is 5.69 Å². The zero-order chi connectivity index (χ0) is 17.8. The fraction of sp³-hybridized carbons (Fsp3) is 0.300. The van der Waals surface area contributed by atoms with Gasteiger partial charge in [0.2, 0.25) is 5.91 Å². The van der Waals surface area contributed by atoms with Crippen LogP contribution < -0.4 is 16.4 Å². The smallest absolute Gasteiger partial charge is 0.248 e. The summed E-state index contributed by atoms with van der Waals surface area (Å²) >= 11 is 0. The van der Waals surface area contributed by atoms with Gasteiger partial charge in [-0.2, -0.15) is 0 Å². The number of anilines is 2. The topological polar surface area (TPSA) is 84.2 Å². The monoisotopic (exact) mass is 337 g/mol. The standard InChI is InChI=1S/C20H23N3O2/c1-13(24)18-7-4-16(20(21)25)12-19(18)23-17-5-2-14(3-6-17)15-8-10-22-11-9-15/h2-7,12,15,22-23H,8-11H2,1H3,(H2,21,25). The highest BCUT2D eigenvalue weighted by molar-refractivity contribution is 6.03. The van der Waals surface area contributed by atoms with Gasteiger partial charge in [0.25, 0.3) is 0 Å². The van der Waals surface area contributed by atoms with Crippen LogP contribution in [0.15, 0.2) is 42.5 Å². The van der Waals surface area contributed by atoms with Crippen molar-refractivity contribution in [2.75, 3.05) is 18.4 Å². The van der Waals surface area contributed by atoms with Gasteiger partial charge in [0.15, 0.2) is 5.78 Å². The number of carbonyl (C=O) groups is 2. The molecule has 1 aliphatic rings. The molecule has 2 aromatic rings. The average Bonchev–Trinajstić information content (AvgIpc) is 2.63. The van der Waals surface area contributed by atoms with Gasteiger partial charge < -0.3 is 16.4 Å². The number of Topliss-reactive ketones (excluding diaryl/α,β-unsaturated/α-hetero) is 1. The molecule has 1 amide bonds. The van der Waals surface area contributed by atoms with E-state index in [0.717, 1.165) is 31.6 Å². The lowest BCUT2D eigenvalue weighted by Gasteiger charge is -2.23. The first-order chi connectivity index (χ1) is 12.0. The minimum Gasteiger partial charge on any atom is -0.366 e. The van der Waals surface area contributed by atoms with Gasteiger partial charge in [0.1, 0.15) is 0 Å². The summed E-state index contributed by atoms with van der Waals surface area (Å²) in [5.74, 6) is 0.0190. The van der Waals surface area contributed by atoms with Crippen molar-refractivity contribution in [1.29, 1.82) is 0 Å². The van der Waals surface area contributed by atoms with Gasteiger partial charge in [-0.1, -0.05) is 12.1 Å². The van der Waals surface area contributed by atoms with Crippen LogP contribution in [-0.2, 0) is 0 Å². The van der Waals surface area contributed by atoms with Crippen LogP contribution >= 0.6 is 0 Å². The Kier molecular flexibility index (Phi) is 5.14. The maximum atomic E-state index is 11.8. The Morgan fingerprint density at radius 1 is 1.08 bits per heavy atom. The van der Waals surface area contributed by atoms with E-state index >= 15 is 0 Å². The van der Waals surface area contributed by atoms with Crippen molar-refractivity contribution in [3.05, 3.63) is 59.2 Å². The second-order valence-electron chi connectivity index (χ2n) is 6.45. The molecule has 0 saturated carbocycles. The number of benzene rings is 2. The molecule has 4 N–H and O–H groups in total. The van der Waals surface area contributed by atoms with Crippen LogP contribution in [0, 0.1) is 0 Å². The molecule has 0 aromatic heterocycles. The second-order valence-corrected chi connectivity index (χ2v) is 6.45. The molecule has 0 atom stereocenters. The van der Waals surface area contributed by atoms with Crippen LogP contribution in [0.1, 0.15) is 52.0 Å². The lowest BCUT2D eigenvalue weighted by molar-refractivity contribution is 0.0993. The summed E-state index contributed by atoms with van der Waals surface area (Å²) in [6.45, 7) is 3.63. The van der Waals surface area contributed by atoms with E-state index in [1.807, 2.05) is 12.1 Å². The summed E-state index contributed by atoms with van der Waals surface area (Å²) < 4.78 is 0. The number of nitrogens with one attached hydrogen (secondary N) is 2. The molecular formula is C20H23N3O2. The summed E-state index contributed by atoms with van der Waals surface area (Å²) in [4.78, 5) is 23.2. The van der Waals surface area contributed by atoms with Crippen molar-refractivity contribution in [1.82, 2.24) is 5.32 Å². The number of amides is 1. The number of primary amides is 1. The maximum absolute atomic E-state index is 11.8. The number of nitrogens with two attached hydrogens (primary N) is 1. The number of hydrogen-bond donors (Lipinski definition) is 3. The fourth-order valence-corrected chi connectivity index (χ4v) is 3.26. The molecule has 0 spiro atoms. The molecule has 130 valence electrons. The number of ketones is 1. The highest BCUT2D eigenvalue weighted by Crippen LogP contribution is 2.28. The summed E-state index contributed by atoms with van der Waals surface area (Å²) in [5.41, 5.74) is 9.07. The maximum Gasteiger partial charge on any atom is 0.248 e. The third kappa shape index (κ3) is 4.06. The molecule has 2 aromatic carbocycles. The molecule has 0 radical (unpaired) electrons. The van der Waals surface area contributed by atoms with E-state index in [4.69, 9.17) is 5.73 Å².